The normalized spacial score (nSPS) is 11.4. The second-order valence-electron chi connectivity index (χ2n) is 4.77. The Hall–Kier alpha value is -1.14. The minimum absolute atomic E-state index is 0.0317. The van der Waals surface area contributed by atoms with Gasteiger partial charge >= 0.3 is 5.97 Å². The summed E-state index contributed by atoms with van der Waals surface area (Å²) in [5.74, 6) is -1.84. The van der Waals surface area contributed by atoms with E-state index in [0.717, 1.165) is 0 Å². The zero-order valence-corrected chi connectivity index (χ0v) is 11.7. The fraction of sp³-hybridized carbons (Fsp3) is 0.417. The average Bonchev–Trinajstić information content (AvgIpc) is 2.30. The van der Waals surface area contributed by atoms with Crippen molar-refractivity contribution in [2.75, 3.05) is 18.5 Å². The van der Waals surface area contributed by atoms with E-state index >= 15 is 0 Å². The summed E-state index contributed by atoms with van der Waals surface area (Å²) in [5.41, 5.74) is -0.308. The number of carboxylic acids is 1. The average molecular weight is 320 g/mol. The first-order valence-electron chi connectivity index (χ1n) is 5.34. The molecule has 100 valence electrons. The lowest BCUT2D eigenvalue weighted by atomic mass is 9.95. The predicted molar refractivity (Wildman–Crippen MR) is 70.4 cm³/mol. The maximum Gasteiger partial charge on any atom is 0.336 e. The van der Waals surface area contributed by atoms with E-state index in [1.54, 1.807) is 0 Å². The number of halogens is 2. The summed E-state index contributed by atoms with van der Waals surface area (Å²) >= 11 is 2.92. The highest BCUT2D eigenvalue weighted by molar-refractivity contribution is 9.10. The molecule has 1 aromatic carbocycles. The standard InChI is InChI=1S/C12H15BrFNO3/c1-12(2,6-16)5-15-8-4-3-7(11(17)18)9(13)10(8)14/h3-4,15-16H,5-6H2,1-2H3,(H,17,18). The summed E-state index contributed by atoms with van der Waals surface area (Å²) in [4.78, 5) is 10.8. The molecule has 0 radical (unpaired) electrons. The molecule has 0 spiro atoms. The molecule has 0 aliphatic heterocycles. The lowest BCUT2D eigenvalue weighted by molar-refractivity contribution is 0.0695. The summed E-state index contributed by atoms with van der Waals surface area (Å²) in [6.07, 6.45) is 0. The van der Waals surface area contributed by atoms with Crippen molar-refractivity contribution in [3.05, 3.63) is 28.0 Å². The van der Waals surface area contributed by atoms with E-state index in [1.165, 1.54) is 12.1 Å². The number of aromatic carboxylic acids is 1. The van der Waals surface area contributed by atoms with Crippen LogP contribution in [-0.4, -0.2) is 29.3 Å². The minimum Gasteiger partial charge on any atom is -0.478 e. The molecule has 0 heterocycles. The summed E-state index contributed by atoms with van der Waals surface area (Å²) in [5, 5.41) is 20.8. The SMILES string of the molecule is CC(C)(CO)CNc1ccc(C(=O)O)c(Br)c1F. The Bertz CT molecular complexity index is 463. The number of hydrogen-bond donors (Lipinski definition) is 3. The molecule has 1 aromatic rings. The molecule has 18 heavy (non-hydrogen) atoms. The van der Waals surface area contributed by atoms with Crippen molar-refractivity contribution in [3.63, 3.8) is 0 Å². The van der Waals surface area contributed by atoms with Crippen LogP contribution in [0.25, 0.3) is 0 Å². The molecule has 0 bridgehead atoms. The number of nitrogens with one attached hydrogen (secondary N) is 1. The molecule has 3 N–H and O–H groups in total. The van der Waals surface area contributed by atoms with Gasteiger partial charge in [0.2, 0.25) is 0 Å². The van der Waals surface area contributed by atoms with Crippen LogP contribution in [0.3, 0.4) is 0 Å². The number of rotatable bonds is 5. The lowest BCUT2D eigenvalue weighted by Gasteiger charge is -2.23. The van der Waals surface area contributed by atoms with Crippen LogP contribution in [0.5, 0.6) is 0 Å². The summed E-state index contributed by atoms with van der Waals surface area (Å²) in [6.45, 7) is 4.01. The van der Waals surface area contributed by atoms with E-state index in [9.17, 15) is 9.18 Å². The van der Waals surface area contributed by atoms with Gasteiger partial charge in [0.1, 0.15) is 0 Å². The molecule has 0 saturated carbocycles. The van der Waals surface area contributed by atoms with Crippen molar-refractivity contribution in [2.24, 2.45) is 5.41 Å². The first kappa shape index (κ1) is 14.9. The Balaban J connectivity index is 2.93. The number of hydrogen-bond acceptors (Lipinski definition) is 3. The van der Waals surface area contributed by atoms with Crippen molar-refractivity contribution >= 4 is 27.6 Å². The van der Waals surface area contributed by atoms with Crippen LogP contribution in [-0.2, 0) is 0 Å². The monoisotopic (exact) mass is 319 g/mol. The van der Waals surface area contributed by atoms with E-state index in [2.05, 4.69) is 21.2 Å². The summed E-state index contributed by atoms with van der Waals surface area (Å²) in [6, 6.07) is 2.70. The number of anilines is 1. The number of carbonyl (C=O) groups is 1. The molecule has 6 heteroatoms. The van der Waals surface area contributed by atoms with Gasteiger partial charge in [-0.2, -0.15) is 0 Å². The van der Waals surface area contributed by atoms with Crippen molar-refractivity contribution in [1.29, 1.82) is 0 Å². The molecule has 0 unspecified atom stereocenters. The van der Waals surface area contributed by atoms with E-state index in [4.69, 9.17) is 10.2 Å². The molecule has 1 rings (SSSR count). The van der Waals surface area contributed by atoms with Crippen LogP contribution in [0.2, 0.25) is 0 Å². The van der Waals surface area contributed by atoms with Crippen LogP contribution < -0.4 is 5.32 Å². The molecule has 0 aliphatic rings. The van der Waals surface area contributed by atoms with Crippen molar-refractivity contribution in [3.8, 4) is 0 Å². The largest absolute Gasteiger partial charge is 0.478 e. The van der Waals surface area contributed by atoms with Gasteiger partial charge in [-0.15, -0.1) is 0 Å². The van der Waals surface area contributed by atoms with Crippen molar-refractivity contribution < 1.29 is 19.4 Å². The summed E-state index contributed by atoms with van der Waals surface area (Å²) < 4.78 is 13.8. The molecule has 0 amide bonds. The van der Waals surface area contributed by atoms with Gasteiger partial charge in [0, 0.05) is 18.6 Å². The fourth-order valence-corrected chi connectivity index (χ4v) is 1.76. The Morgan fingerprint density at radius 1 is 1.50 bits per heavy atom. The third-order valence-corrected chi connectivity index (χ3v) is 3.27. The van der Waals surface area contributed by atoms with Gasteiger partial charge in [-0.3, -0.25) is 0 Å². The zero-order valence-electron chi connectivity index (χ0n) is 10.1. The Morgan fingerprint density at radius 3 is 2.61 bits per heavy atom. The van der Waals surface area contributed by atoms with Crippen LogP contribution >= 0.6 is 15.9 Å². The third kappa shape index (κ3) is 3.43. The maximum atomic E-state index is 13.9. The molecule has 4 nitrogen and oxygen atoms in total. The predicted octanol–water partition coefficient (Wildman–Crippen LogP) is 2.72. The molecule has 0 aliphatic carbocycles. The molecule has 0 aromatic heterocycles. The van der Waals surface area contributed by atoms with Gasteiger partial charge in [-0.25, -0.2) is 9.18 Å². The van der Waals surface area contributed by atoms with Crippen LogP contribution in [0.4, 0.5) is 10.1 Å². The highest BCUT2D eigenvalue weighted by atomic mass is 79.9. The first-order valence-corrected chi connectivity index (χ1v) is 6.14. The highest BCUT2D eigenvalue weighted by Gasteiger charge is 2.19. The van der Waals surface area contributed by atoms with E-state index in [-0.39, 0.29) is 27.7 Å². The topological polar surface area (TPSA) is 69.6 Å². The van der Waals surface area contributed by atoms with E-state index in [0.29, 0.717) is 6.54 Å². The van der Waals surface area contributed by atoms with Crippen LogP contribution in [0, 0.1) is 11.2 Å². The quantitative estimate of drug-likeness (QED) is 0.780. The van der Waals surface area contributed by atoms with Gasteiger partial charge < -0.3 is 15.5 Å². The number of aliphatic hydroxyl groups is 1. The molecule has 0 saturated heterocycles. The lowest BCUT2D eigenvalue weighted by Crippen LogP contribution is -2.27. The number of carboxylic acid groups (broad SMARTS) is 1. The number of benzene rings is 1. The Morgan fingerprint density at radius 2 is 2.11 bits per heavy atom. The third-order valence-electron chi connectivity index (χ3n) is 2.50. The fourth-order valence-electron chi connectivity index (χ4n) is 1.24. The van der Waals surface area contributed by atoms with Gasteiger partial charge in [-0.05, 0) is 28.1 Å². The Labute approximate surface area is 113 Å². The van der Waals surface area contributed by atoms with Crippen LogP contribution in [0.1, 0.15) is 24.2 Å². The van der Waals surface area contributed by atoms with Crippen molar-refractivity contribution in [2.45, 2.75) is 13.8 Å². The van der Waals surface area contributed by atoms with Gasteiger partial charge in [-0.1, -0.05) is 13.8 Å². The van der Waals surface area contributed by atoms with Gasteiger partial charge in [0.25, 0.3) is 0 Å². The second kappa shape index (κ2) is 5.67. The molecular formula is C12H15BrFNO3. The molecular weight excluding hydrogens is 305 g/mol. The maximum absolute atomic E-state index is 13.9. The van der Waals surface area contributed by atoms with Crippen molar-refractivity contribution in [1.82, 2.24) is 0 Å². The van der Waals surface area contributed by atoms with Crippen LogP contribution in [0.15, 0.2) is 16.6 Å². The first-order chi connectivity index (χ1) is 8.28. The molecule has 0 fully saturated rings. The smallest absolute Gasteiger partial charge is 0.336 e. The van der Waals surface area contributed by atoms with Gasteiger partial charge in [0.05, 0.1) is 15.7 Å². The van der Waals surface area contributed by atoms with E-state index < -0.39 is 11.8 Å². The second-order valence-corrected chi connectivity index (χ2v) is 5.56. The molecule has 0 atom stereocenters. The van der Waals surface area contributed by atoms with Gasteiger partial charge in [0.15, 0.2) is 5.82 Å². The summed E-state index contributed by atoms with van der Waals surface area (Å²) in [7, 11) is 0. The van der Waals surface area contributed by atoms with E-state index in [1.807, 2.05) is 13.8 Å². The number of aliphatic hydroxyl groups excluding tert-OH is 1. The highest BCUT2D eigenvalue weighted by Crippen LogP contribution is 2.28. The Kier molecular flexibility index (Phi) is 4.70. The zero-order chi connectivity index (χ0) is 13.9. The minimum atomic E-state index is -1.19.